The summed E-state index contributed by atoms with van der Waals surface area (Å²) in [6.45, 7) is 1.25. The zero-order chi connectivity index (χ0) is 16.1. The zero-order valence-corrected chi connectivity index (χ0v) is 13.4. The van der Waals surface area contributed by atoms with Gasteiger partial charge in [-0.1, -0.05) is 23.7 Å². The molecule has 5 heteroatoms. The smallest absolute Gasteiger partial charge is 0.259 e. The molecule has 23 heavy (non-hydrogen) atoms. The van der Waals surface area contributed by atoms with Crippen LogP contribution in [0.3, 0.4) is 0 Å². The highest BCUT2D eigenvalue weighted by atomic mass is 35.5. The van der Waals surface area contributed by atoms with Crippen molar-refractivity contribution in [2.24, 2.45) is 0 Å². The van der Waals surface area contributed by atoms with Crippen LogP contribution in [0.1, 0.15) is 23.2 Å². The number of benzene rings is 2. The third kappa shape index (κ3) is 4.24. The molecule has 0 radical (unpaired) electrons. The molecule has 0 unspecified atom stereocenters. The number of hydrogen-bond donors (Lipinski definition) is 1. The van der Waals surface area contributed by atoms with Crippen molar-refractivity contribution < 1.29 is 14.3 Å². The summed E-state index contributed by atoms with van der Waals surface area (Å²) in [6.07, 6.45) is 2.17. The second-order valence-electron chi connectivity index (χ2n) is 5.40. The molecular weight excluding hydrogens is 314 g/mol. The minimum atomic E-state index is -0.213. The van der Waals surface area contributed by atoms with Crippen LogP contribution in [0.5, 0.6) is 5.75 Å². The van der Waals surface area contributed by atoms with Crippen molar-refractivity contribution in [3.8, 4) is 5.75 Å². The van der Waals surface area contributed by atoms with Crippen molar-refractivity contribution in [3.63, 3.8) is 0 Å². The summed E-state index contributed by atoms with van der Waals surface area (Å²) in [6, 6.07) is 14.2. The Morgan fingerprint density at radius 2 is 2.00 bits per heavy atom. The van der Waals surface area contributed by atoms with Gasteiger partial charge in [-0.25, -0.2) is 0 Å². The van der Waals surface area contributed by atoms with Gasteiger partial charge in [0.1, 0.15) is 12.4 Å². The first-order valence-electron chi connectivity index (χ1n) is 7.63. The Morgan fingerprint density at radius 1 is 1.22 bits per heavy atom. The minimum Gasteiger partial charge on any atom is -0.490 e. The number of nitrogens with one attached hydrogen (secondary N) is 1. The molecule has 1 heterocycles. The predicted octanol–water partition coefficient (Wildman–Crippen LogP) is 4.15. The molecule has 0 spiro atoms. The lowest BCUT2D eigenvalue weighted by Crippen LogP contribution is -2.19. The molecule has 1 fully saturated rings. The molecule has 0 aliphatic carbocycles. The maximum absolute atomic E-state index is 12.5. The van der Waals surface area contributed by atoms with Crippen molar-refractivity contribution in [2.45, 2.75) is 18.9 Å². The first-order chi connectivity index (χ1) is 11.2. The van der Waals surface area contributed by atoms with Gasteiger partial charge in [0.05, 0.1) is 11.7 Å². The van der Waals surface area contributed by atoms with E-state index >= 15 is 0 Å². The number of ether oxygens (including phenoxy) is 2. The van der Waals surface area contributed by atoms with Gasteiger partial charge in [-0.05, 0) is 49.2 Å². The highest BCUT2D eigenvalue weighted by Gasteiger charge is 2.18. The first-order valence-corrected chi connectivity index (χ1v) is 8.00. The molecule has 1 amide bonds. The van der Waals surface area contributed by atoms with Crippen LogP contribution in [0.2, 0.25) is 5.02 Å². The van der Waals surface area contributed by atoms with E-state index < -0.39 is 0 Å². The molecule has 1 saturated heterocycles. The van der Waals surface area contributed by atoms with Gasteiger partial charge in [0.15, 0.2) is 0 Å². The number of rotatable bonds is 5. The Morgan fingerprint density at radius 3 is 2.74 bits per heavy atom. The van der Waals surface area contributed by atoms with Crippen LogP contribution in [0.4, 0.5) is 5.69 Å². The number of halogens is 1. The highest BCUT2D eigenvalue weighted by Crippen LogP contribution is 2.22. The van der Waals surface area contributed by atoms with E-state index in [1.165, 1.54) is 0 Å². The quantitative estimate of drug-likeness (QED) is 0.895. The van der Waals surface area contributed by atoms with Gasteiger partial charge >= 0.3 is 0 Å². The van der Waals surface area contributed by atoms with E-state index in [1.54, 1.807) is 36.4 Å². The van der Waals surface area contributed by atoms with Gasteiger partial charge in [-0.2, -0.15) is 0 Å². The topological polar surface area (TPSA) is 47.6 Å². The Hall–Kier alpha value is -2.04. The standard InChI is InChI=1S/C18H18ClNO3/c19-13-7-9-14(10-8-13)20-18(21)16-5-1-2-6-17(16)23-12-15-4-3-11-22-15/h1-2,5-10,15H,3-4,11-12H2,(H,20,21)/t15-/m1/s1. The van der Waals surface area contributed by atoms with Crippen LogP contribution in [0.25, 0.3) is 0 Å². The van der Waals surface area contributed by atoms with Gasteiger partial charge < -0.3 is 14.8 Å². The van der Waals surface area contributed by atoms with Crippen molar-refractivity contribution in [3.05, 3.63) is 59.1 Å². The van der Waals surface area contributed by atoms with E-state index in [1.807, 2.05) is 12.1 Å². The summed E-state index contributed by atoms with van der Waals surface area (Å²) in [4.78, 5) is 12.5. The van der Waals surface area contributed by atoms with Crippen LogP contribution in [0, 0.1) is 0 Å². The molecule has 1 aliphatic rings. The molecule has 1 atom stereocenters. The predicted molar refractivity (Wildman–Crippen MR) is 90.3 cm³/mol. The second-order valence-corrected chi connectivity index (χ2v) is 5.84. The summed E-state index contributed by atoms with van der Waals surface area (Å²) >= 11 is 5.85. The molecule has 120 valence electrons. The molecule has 0 aromatic heterocycles. The number of amides is 1. The van der Waals surface area contributed by atoms with Crippen molar-refractivity contribution in [1.82, 2.24) is 0 Å². The first kappa shape index (κ1) is 15.8. The number of carbonyl (C=O) groups is 1. The van der Waals surface area contributed by atoms with Gasteiger partial charge in [-0.3, -0.25) is 4.79 Å². The third-order valence-electron chi connectivity index (χ3n) is 3.68. The number of hydrogen-bond acceptors (Lipinski definition) is 3. The summed E-state index contributed by atoms with van der Waals surface area (Å²) in [5.41, 5.74) is 1.19. The number of para-hydroxylation sites is 1. The third-order valence-corrected chi connectivity index (χ3v) is 3.93. The lowest BCUT2D eigenvalue weighted by molar-refractivity contribution is 0.0673. The second kappa shape index (κ2) is 7.49. The number of carbonyl (C=O) groups excluding carboxylic acids is 1. The van der Waals surface area contributed by atoms with Crippen molar-refractivity contribution in [1.29, 1.82) is 0 Å². The van der Waals surface area contributed by atoms with Crippen molar-refractivity contribution >= 4 is 23.2 Å². The molecule has 4 nitrogen and oxygen atoms in total. The molecule has 0 saturated carbocycles. The fourth-order valence-electron chi connectivity index (χ4n) is 2.47. The van der Waals surface area contributed by atoms with Gasteiger partial charge in [-0.15, -0.1) is 0 Å². The Kier molecular flexibility index (Phi) is 5.16. The van der Waals surface area contributed by atoms with E-state index in [0.29, 0.717) is 28.6 Å². The Bertz CT molecular complexity index is 666. The van der Waals surface area contributed by atoms with E-state index in [4.69, 9.17) is 21.1 Å². The van der Waals surface area contributed by atoms with Crippen LogP contribution >= 0.6 is 11.6 Å². The van der Waals surface area contributed by atoms with E-state index in [-0.39, 0.29) is 12.0 Å². The fraction of sp³-hybridized carbons (Fsp3) is 0.278. The number of anilines is 1. The highest BCUT2D eigenvalue weighted by molar-refractivity contribution is 6.30. The summed E-state index contributed by atoms with van der Waals surface area (Å²) in [5, 5.41) is 3.47. The van der Waals surface area contributed by atoms with Crippen molar-refractivity contribution in [2.75, 3.05) is 18.5 Å². The van der Waals surface area contributed by atoms with Crippen LogP contribution < -0.4 is 10.1 Å². The molecule has 0 bridgehead atoms. The summed E-state index contributed by atoms with van der Waals surface area (Å²) in [5.74, 6) is 0.352. The van der Waals surface area contributed by atoms with E-state index in [9.17, 15) is 4.79 Å². The minimum absolute atomic E-state index is 0.113. The SMILES string of the molecule is O=C(Nc1ccc(Cl)cc1)c1ccccc1OC[C@H]1CCCO1. The lowest BCUT2D eigenvalue weighted by Gasteiger charge is -2.14. The summed E-state index contributed by atoms with van der Waals surface area (Å²) < 4.78 is 11.3. The maximum Gasteiger partial charge on any atom is 0.259 e. The Labute approximate surface area is 140 Å². The van der Waals surface area contributed by atoms with Gasteiger partial charge in [0, 0.05) is 17.3 Å². The molecule has 2 aromatic rings. The normalized spacial score (nSPS) is 17.0. The van der Waals surface area contributed by atoms with Gasteiger partial charge in [0.25, 0.3) is 5.91 Å². The molecule has 3 rings (SSSR count). The molecule has 2 aromatic carbocycles. The fourth-order valence-corrected chi connectivity index (χ4v) is 2.60. The molecule has 1 aliphatic heterocycles. The summed E-state index contributed by atoms with van der Waals surface area (Å²) in [7, 11) is 0. The van der Waals surface area contributed by atoms with E-state index in [0.717, 1.165) is 19.4 Å². The zero-order valence-electron chi connectivity index (χ0n) is 12.6. The molecule has 1 N–H and O–H groups in total. The van der Waals surface area contributed by atoms with Crippen LogP contribution in [-0.2, 0) is 4.74 Å². The average Bonchev–Trinajstić information content (AvgIpc) is 3.09. The van der Waals surface area contributed by atoms with Crippen LogP contribution in [0.15, 0.2) is 48.5 Å². The molecular formula is C18H18ClNO3. The monoisotopic (exact) mass is 331 g/mol. The lowest BCUT2D eigenvalue weighted by atomic mass is 10.1. The van der Waals surface area contributed by atoms with Gasteiger partial charge in [0.2, 0.25) is 0 Å². The van der Waals surface area contributed by atoms with E-state index in [2.05, 4.69) is 5.32 Å². The largest absolute Gasteiger partial charge is 0.490 e. The average molecular weight is 332 g/mol. The Balaban J connectivity index is 1.68. The maximum atomic E-state index is 12.5. The van der Waals surface area contributed by atoms with Crippen LogP contribution in [-0.4, -0.2) is 25.2 Å².